The minimum absolute atomic E-state index is 0.151. The first-order valence-electron chi connectivity index (χ1n) is 6.68. The van der Waals surface area contributed by atoms with Crippen molar-refractivity contribution in [2.24, 2.45) is 11.8 Å². The van der Waals surface area contributed by atoms with Gasteiger partial charge < -0.3 is 9.84 Å². The maximum absolute atomic E-state index is 9.95. The van der Waals surface area contributed by atoms with Gasteiger partial charge in [0.25, 0.3) is 0 Å². The molecular formula is C13H25NO2. The number of aliphatic hydroxyl groups excluding tert-OH is 1. The largest absolute Gasteiger partial charge is 0.393 e. The number of aliphatic hydroxyl groups is 1. The molecular weight excluding hydrogens is 202 g/mol. The highest BCUT2D eigenvalue weighted by atomic mass is 16.5. The van der Waals surface area contributed by atoms with Crippen molar-refractivity contribution < 1.29 is 9.84 Å². The molecule has 0 amide bonds. The molecule has 2 saturated heterocycles. The SMILES string of the molecule is CC(C)C1CCCN1CC1COCCC1O. The van der Waals surface area contributed by atoms with Crippen LogP contribution < -0.4 is 0 Å². The van der Waals surface area contributed by atoms with Crippen LogP contribution in [0.2, 0.25) is 0 Å². The molecule has 2 fully saturated rings. The standard InChI is InChI=1S/C13H25NO2/c1-10(2)12-4-3-6-14(12)8-11-9-16-7-5-13(11)15/h10-13,15H,3-9H2,1-2H3. The van der Waals surface area contributed by atoms with Crippen molar-refractivity contribution in [3.8, 4) is 0 Å². The van der Waals surface area contributed by atoms with Gasteiger partial charge in [0.05, 0.1) is 12.7 Å². The molecule has 0 spiro atoms. The maximum atomic E-state index is 9.95. The van der Waals surface area contributed by atoms with Crippen LogP contribution in [-0.4, -0.2) is 48.5 Å². The highest BCUT2D eigenvalue weighted by Gasteiger charge is 2.32. The Morgan fingerprint density at radius 2 is 2.19 bits per heavy atom. The topological polar surface area (TPSA) is 32.7 Å². The van der Waals surface area contributed by atoms with Crippen LogP contribution >= 0.6 is 0 Å². The second kappa shape index (κ2) is 5.48. The van der Waals surface area contributed by atoms with Crippen LogP contribution in [0.25, 0.3) is 0 Å². The summed E-state index contributed by atoms with van der Waals surface area (Å²) in [6, 6.07) is 0.717. The molecule has 0 aromatic rings. The average Bonchev–Trinajstić information content (AvgIpc) is 2.69. The molecule has 16 heavy (non-hydrogen) atoms. The quantitative estimate of drug-likeness (QED) is 0.793. The molecule has 0 aromatic heterocycles. The van der Waals surface area contributed by atoms with Gasteiger partial charge in [-0.05, 0) is 31.7 Å². The van der Waals surface area contributed by atoms with E-state index in [1.165, 1.54) is 19.4 Å². The van der Waals surface area contributed by atoms with Crippen molar-refractivity contribution in [3.05, 3.63) is 0 Å². The van der Waals surface area contributed by atoms with Gasteiger partial charge in [-0.2, -0.15) is 0 Å². The van der Waals surface area contributed by atoms with E-state index in [-0.39, 0.29) is 6.10 Å². The lowest BCUT2D eigenvalue weighted by atomic mass is 9.96. The molecule has 2 rings (SSSR count). The molecule has 2 aliphatic rings. The molecule has 0 radical (unpaired) electrons. The van der Waals surface area contributed by atoms with Crippen molar-refractivity contribution in [1.82, 2.24) is 4.90 Å². The van der Waals surface area contributed by atoms with Crippen molar-refractivity contribution >= 4 is 0 Å². The Bertz CT molecular complexity index is 220. The number of nitrogens with zero attached hydrogens (tertiary/aromatic N) is 1. The third-order valence-electron chi connectivity index (χ3n) is 4.09. The minimum Gasteiger partial charge on any atom is -0.393 e. The smallest absolute Gasteiger partial charge is 0.0624 e. The monoisotopic (exact) mass is 227 g/mol. The first-order chi connectivity index (χ1) is 7.68. The molecule has 2 aliphatic heterocycles. The zero-order chi connectivity index (χ0) is 11.5. The Balaban J connectivity index is 1.87. The molecule has 0 aliphatic carbocycles. The van der Waals surface area contributed by atoms with Gasteiger partial charge in [0.1, 0.15) is 0 Å². The van der Waals surface area contributed by atoms with Crippen molar-refractivity contribution in [1.29, 1.82) is 0 Å². The van der Waals surface area contributed by atoms with Gasteiger partial charge in [0.15, 0.2) is 0 Å². The first-order valence-corrected chi connectivity index (χ1v) is 6.68. The number of hydrogen-bond acceptors (Lipinski definition) is 3. The van der Waals surface area contributed by atoms with Crippen LogP contribution in [-0.2, 0) is 4.74 Å². The fourth-order valence-corrected chi connectivity index (χ4v) is 3.09. The predicted molar refractivity (Wildman–Crippen MR) is 64.4 cm³/mol. The maximum Gasteiger partial charge on any atom is 0.0624 e. The molecule has 1 N–H and O–H groups in total. The summed E-state index contributed by atoms with van der Waals surface area (Å²) in [4.78, 5) is 2.56. The molecule has 3 unspecified atom stereocenters. The van der Waals surface area contributed by atoms with Gasteiger partial charge in [-0.1, -0.05) is 13.8 Å². The van der Waals surface area contributed by atoms with Gasteiger partial charge in [0.2, 0.25) is 0 Å². The van der Waals surface area contributed by atoms with Crippen LogP contribution in [0.4, 0.5) is 0 Å². The van der Waals surface area contributed by atoms with Gasteiger partial charge in [-0.15, -0.1) is 0 Å². The van der Waals surface area contributed by atoms with Crippen LogP contribution in [0.1, 0.15) is 33.1 Å². The van der Waals surface area contributed by atoms with Crippen LogP contribution in [0.5, 0.6) is 0 Å². The van der Waals surface area contributed by atoms with Crippen molar-refractivity contribution in [3.63, 3.8) is 0 Å². The lowest BCUT2D eigenvalue weighted by Crippen LogP contribution is -2.44. The molecule has 0 aromatic carbocycles. The van der Waals surface area contributed by atoms with Gasteiger partial charge >= 0.3 is 0 Å². The predicted octanol–water partition coefficient (Wildman–Crippen LogP) is 1.50. The lowest BCUT2D eigenvalue weighted by molar-refractivity contribution is -0.0491. The summed E-state index contributed by atoms with van der Waals surface area (Å²) in [5.74, 6) is 1.05. The van der Waals surface area contributed by atoms with Crippen LogP contribution in [0.15, 0.2) is 0 Å². The van der Waals surface area contributed by atoms with Gasteiger partial charge in [0, 0.05) is 25.1 Å². The highest BCUT2D eigenvalue weighted by Crippen LogP contribution is 2.26. The normalized spacial score (nSPS) is 37.1. The number of rotatable bonds is 3. The molecule has 94 valence electrons. The van der Waals surface area contributed by atoms with Crippen LogP contribution in [0.3, 0.4) is 0 Å². The summed E-state index contributed by atoms with van der Waals surface area (Å²) in [7, 11) is 0. The van der Waals surface area contributed by atoms with Crippen molar-refractivity contribution in [2.75, 3.05) is 26.3 Å². The van der Waals surface area contributed by atoms with E-state index in [9.17, 15) is 5.11 Å². The van der Waals surface area contributed by atoms with E-state index in [4.69, 9.17) is 4.74 Å². The number of likely N-dealkylation sites (tertiary alicyclic amines) is 1. The van der Waals surface area contributed by atoms with E-state index in [0.717, 1.165) is 32.1 Å². The summed E-state index contributed by atoms with van der Waals surface area (Å²) < 4.78 is 5.47. The molecule has 0 saturated carbocycles. The number of ether oxygens (including phenoxy) is 1. The number of hydrogen-bond donors (Lipinski definition) is 1. The third kappa shape index (κ3) is 2.76. The minimum atomic E-state index is -0.151. The summed E-state index contributed by atoms with van der Waals surface area (Å²) in [6.07, 6.45) is 3.29. The Kier molecular flexibility index (Phi) is 4.22. The second-order valence-corrected chi connectivity index (χ2v) is 5.64. The van der Waals surface area contributed by atoms with Gasteiger partial charge in [-0.25, -0.2) is 0 Å². The molecule has 3 heteroatoms. The Morgan fingerprint density at radius 1 is 1.38 bits per heavy atom. The molecule has 2 heterocycles. The summed E-state index contributed by atoms with van der Waals surface area (Å²) in [5, 5.41) is 9.95. The van der Waals surface area contributed by atoms with E-state index >= 15 is 0 Å². The first kappa shape index (κ1) is 12.3. The highest BCUT2D eigenvalue weighted by molar-refractivity contribution is 4.85. The Hall–Kier alpha value is -0.120. The Morgan fingerprint density at radius 3 is 2.88 bits per heavy atom. The second-order valence-electron chi connectivity index (χ2n) is 5.64. The van der Waals surface area contributed by atoms with E-state index in [1.54, 1.807) is 0 Å². The van der Waals surface area contributed by atoms with E-state index in [2.05, 4.69) is 18.7 Å². The zero-order valence-electron chi connectivity index (χ0n) is 10.6. The summed E-state index contributed by atoms with van der Waals surface area (Å²) in [5.41, 5.74) is 0. The van der Waals surface area contributed by atoms with E-state index in [0.29, 0.717) is 12.0 Å². The van der Waals surface area contributed by atoms with Crippen LogP contribution in [0, 0.1) is 11.8 Å². The summed E-state index contributed by atoms with van der Waals surface area (Å²) >= 11 is 0. The van der Waals surface area contributed by atoms with Crippen molar-refractivity contribution in [2.45, 2.75) is 45.3 Å². The molecule has 0 bridgehead atoms. The van der Waals surface area contributed by atoms with E-state index < -0.39 is 0 Å². The fraction of sp³-hybridized carbons (Fsp3) is 1.00. The average molecular weight is 227 g/mol. The van der Waals surface area contributed by atoms with Gasteiger partial charge in [-0.3, -0.25) is 4.90 Å². The molecule has 3 atom stereocenters. The molecule has 3 nitrogen and oxygen atoms in total. The third-order valence-corrected chi connectivity index (χ3v) is 4.09. The lowest BCUT2D eigenvalue weighted by Gasteiger charge is -2.35. The summed E-state index contributed by atoms with van der Waals surface area (Å²) in [6.45, 7) is 8.29. The zero-order valence-corrected chi connectivity index (χ0v) is 10.6. The Labute approximate surface area is 98.8 Å². The van der Waals surface area contributed by atoms with E-state index in [1.807, 2.05) is 0 Å². The fourth-order valence-electron chi connectivity index (χ4n) is 3.09.